The van der Waals surface area contributed by atoms with Gasteiger partial charge in [0.1, 0.15) is 5.82 Å². The Hall–Kier alpha value is -1.10. The first-order chi connectivity index (χ1) is 7.73. The molecule has 0 bridgehead atoms. The summed E-state index contributed by atoms with van der Waals surface area (Å²) in [6, 6.07) is 2.48. The van der Waals surface area contributed by atoms with Crippen molar-refractivity contribution in [3.05, 3.63) is 35.1 Å². The van der Waals surface area contributed by atoms with Gasteiger partial charge in [-0.25, -0.2) is 4.39 Å². The molecule has 1 aromatic rings. The van der Waals surface area contributed by atoms with Crippen LogP contribution in [0.2, 0.25) is 0 Å². The van der Waals surface area contributed by atoms with Gasteiger partial charge in [-0.05, 0) is 24.0 Å². The molecular weight excluding hydrogens is 234 g/mol. The van der Waals surface area contributed by atoms with Crippen LogP contribution in [0.15, 0.2) is 18.2 Å². The Bertz CT molecular complexity index is 385. The van der Waals surface area contributed by atoms with E-state index in [1.165, 1.54) is 12.1 Å². The average molecular weight is 249 g/mol. The highest BCUT2D eigenvalue weighted by molar-refractivity contribution is 5.33. The second-order valence-electron chi connectivity index (χ2n) is 4.44. The van der Waals surface area contributed by atoms with Gasteiger partial charge in [0.05, 0.1) is 5.56 Å². The third-order valence-electron chi connectivity index (χ3n) is 2.45. The van der Waals surface area contributed by atoms with Crippen molar-refractivity contribution in [3.8, 4) is 0 Å². The SMILES string of the molecule is CC(C)C[C@@H](N)c1cccc(F)c1C(F)(F)F. The van der Waals surface area contributed by atoms with Crippen LogP contribution in [-0.4, -0.2) is 0 Å². The number of nitrogens with two attached hydrogens (primary N) is 1. The Kier molecular flexibility index (Phi) is 4.14. The fourth-order valence-corrected chi connectivity index (χ4v) is 1.78. The van der Waals surface area contributed by atoms with Crippen LogP contribution in [0.3, 0.4) is 0 Å². The van der Waals surface area contributed by atoms with Gasteiger partial charge in [-0.2, -0.15) is 13.2 Å². The fourth-order valence-electron chi connectivity index (χ4n) is 1.78. The molecule has 1 rings (SSSR count). The van der Waals surface area contributed by atoms with E-state index in [2.05, 4.69) is 0 Å². The summed E-state index contributed by atoms with van der Waals surface area (Å²) in [5.41, 5.74) is 4.28. The minimum Gasteiger partial charge on any atom is -0.324 e. The number of benzene rings is 1. The molecule has 17 heavy (non-hydrogen) atoms. The van der Waals surface area contributed by atoms with E-state index in [0.29, 0.717) is 6.42 Å². The maximum atomic E-state index is 13.3. The fraction of sp³-hybridized carbons (Fsp3) is 0.500. The van der Waals surface area contributed by atoms with E-state index in [1.54, 1.807) is 0 Å². The van der Waals surface area contributed by atoms with Crippen molar-refractivity contribution in [2.24, 2.45) is 11.7 Å². The lowest BCUT2D eigenvalue weighted by molar-refractivity contribution is -0.140. The molecular formula is C12H15F4N. The molecule has 1 aromatic carbocycles. The molecule has 0 spiro atoms. The molecule has 0 saturated heterocycles. The summed E-state index contributed by atoms with van der Waals surface area (Å²) in [5.74, 6) is -1.12. The van der Waals surface area contributed by atoms with E-state index in [9.17, 15) is 17.6 Å². The molecule has 0 aliphatic heterocycles. The third kappa shape index (κ3) is 3.43. The van der Waals surface area contributed by atoms with Crippen molar-refractivity contribution in [1.29, 1.82) is 0 Å². The molecule has 1 nitrogen and oxygen atoms in total. The molecule has 5 heteroatoms. The summed E-state index contributed by atoms with van der Waals surface area (Å²) >= 11 is 0. The number of rotatable bonds is 3. The van der Waals surface area contributed by atoms with Crippen molar-refractivity contribution >= 4 is 0 Å². The average Bonchev–Trinajstić information content (AvgIpc) is 2.14. The predicted octanol–water partition coefficient (Wildman–Crippen LogP) is 3.89. The molecule has 0 fully saturated rings. The van der Waals surface area contributed by atoms with Crippen LogP contribution in [0.25, 0.3) is 0 Å². The summed E-state index contributed by atoms with van der Waals surface area (Å²) in [6.45, 7) is 3.71. The van der Waals surface area contributed by atoms with Gasteiger partial charge in [0, 0.05) is 6.04 Å². The largest absolute Gasteiger partial charge is 0.419 e. The van der Waals surface area contributed by atoms with Gasteiger partial charge in [-0.3, -0.25) is 0 Å². The quantitative estimate of drug-likeness (QED) is 0.808. The Morgan fingerprint density at radius 1 is 1.24 bits per heavy atom. The van der Waals surface area contributed by atoms with Gasteiger partial charge in [-0.15, -0.1) is 0 Å². The Morgan fingerprint density at radius 3 is 2.29 bits per heavy atom. The number of alkyl halides is 3. The lowest BCUT2D eigenvalue weighted by Gasteiger charge is -2.20. The van der Waals surface area contributed by atoms with E-state index in [-0.39, 0.29) is 11.5 Å². The molecule has 2 N–H and O–H groups in total. The molecule has 0 aliphatic carbocycles. The molecule has 96 valence electrons. The van der Waals surface area contributed by atoms with Crippen molar-refractivity contribution < 1.29 is 17.6 Å². The minimum atomic E-state index is -4.71. The first kappa shape index (κ1) is 14.0. The molecule has 0 saturated carbocycles. The molecule has 0 unspecified atom stereocenters. The van der Waals surface area contributed by atoms with Crippen LogP contribution >= 0.6 is 0 Å². The molecule has 0 aromatic heterocycles. The van der Waals surface area contributed by atoms with Crippen LogP contribution in [0.5, 0.6) is 0 Å². The van der Waals surface area contributed by atoms with Gasteiger partial charge in [0.2, 0.25) is 0 Å². The van der Waals surface area contributed by atoms with E-state index >= 15 is 0 Å². The second kappa shape index (κ2) is 5.04. The van der Waals surface area contributed by atoms with Gasteiger partial charge in [0.15, 0.2) is 0 Å². The van der Waals surface area contributed by atoms with Gasteiger partial charge >= 0.3 is 6.18 Å². The van der Waals surface area contributed by atoms with Gasteiger partial charge < -0.3 is 5.73 Å². The Morgan fingerprint density at radius 2 is 1.82 bits per heavy atom. The van der Waals surface area contributed by atoms with Crippen LogP contribution in [0, 0.1) is 11.7 Å². The highest BCUT2D eigenvalue weighted by Gasteiger charge is 2.37. The molecule has 1 atom stereocenters. The van der Waals surface area contributed by atoms with E-state index < -0.39 is 23.6 Å². The van der Waals surface area contributed by atoms with Crippen molar-refractivity contribution in [1.82, 2.24) is 0 Å². The number of halogens is 4. The third-order valence-corrected chi connectivity index (χ3v) is 2.45. The summed E-state index contributed by atoms with van der Waals surface area (Å²) in [6.07, 6.45) is -4.33. The summed E-state index contributed by atoms with van der Waals surface area (Å²) in [4.78, 5) is 0. The van der Waals surface area contributed by atoms with Crippen molar-refractivity contribution in [3.63, 3.8) is 0 Å². The summed E-state index contributed by atoms with van der Waals surface area (Å²) in [5, 5.41) is 0. The van der Waals surface area contributed by atoms with E-state index in [1.807, 2.05) is 13.8 Å². The van der Waals surface area contributed by atoms with Crippen LogP contribution in [-0.2, 0) is 6.18 Å². The topological polar surface area (TPSA) is 26.0 Å². The minimum absolute atomic E-state index is 0.148. The maximum Gasteiger partial charge on any atom is 0.419 e. The van der Waals surface area contributed by atoms with Gasteiger partial charge in [-0.1, -0.05) is 26.0 Å². The number of hydrogen-bond acceptors (Lipinski definition) is 1. The molecule has 0 aliphatic rings. The highest BCUT2D eigenvalue weighted by atomic mass is 19.4. The zero-order valence-electron chi connectivity index (χ0n) is 9.68. The van der Waals surface area contributed by atoms with Crippen LogP contribution in [0.4, 0.5) is 17.6 Å². The Balaban J connectivity index is 3.20. The monoisotopic (exact) mass is 249 g/mol. The molecule has 0 amide bonds. The van der Waals surface area contributed by atoms with E-state index in [0.717, 1.165) is 6.07 Å². The zero-order chi connectivity index (χ0) is 13.2. The zero-order valence-corrected chi connectivity index (χ0v) is 9.68. The standard InChI is InChI=1S/C12H15F4N/c1-7(2)6-10(17)8-4-3-5-9(13)11(8)12(14,15)16/h3-5,7,10H,6,17H2,1-2H3/t10-/m1/s1. The summed E-state index contributed by atoms with van der Waals surface area (Å²) in [7, 11) is 0. The highest BCUT2D eigenvalue weighted by Crippen LogP contribution is 2.37. The van der Waals surface area contributed by atoms with Crippen LogP contribution in [0.1, 0.15) is 37.4 Å². The first-order valence-electron chi connectivity index (χ1n) is 5.34. The number of hydrogen-bond donors (Lipinski definition) is 1. The predicted molar refractivity (Wildman–Crippen MR) is 57.8 cm³/mol. The lowest BCUT2D eigenvalue weighted by atomic mass is 9.93. The first-order valence-corrected chi connectivity index (χ1v) is 5.34. The normalized spacial score (nSPS) is 14.1. The molecule has 0 heterocycles. The lowest BCUT2D eigenvalue weighted by Crippen LogP contribution is -2.20. The van der Waals surface area contributed by atoms with Crippen LogP contribution < -0.4 is 5.73 Å². The molecule has 0 radical (unpaired) electrons. The maximum absolute atomic E-state index is 13.3. The van der Waals surface area contributed by atoms with Gasteiger partial charge in [0.25, 0.3) is 0 Å². The van der Waals surface area contributed by atoms with E-state index in [4.69, 9.17) is 5.73 Å². The smallest absolute Gasteiger partial charge is 0.324 e. The Labute approximate surface area is 97.6 Å². The summed E-state index contributed by atoms with van der Waals surface area (Å²) < 4.78 is 51.4. The van der Waals surface area contributed by atoms with Crippen molar-refractivity contribution in [2.75, 3.05) is 0 Å². The second-order valence-corrected chi connectivity index (χ2v) is 4.44. The van der Waals surface area contributed by atoms with Crippen molar-refractivity contribution in [2.45, 2.75) is 32.5 Å².